The van der Waals surface area contributed by atoms with Crippen LogP contribution in [0, 0.1) is 13.8 Å². The van der Waals surface area contributed by atoms with Crippen LogP contribution in [0.4, 0.5) is 0 Å². The van der Waals surface area contributed by atoms with Gasteiger partial charge in [-0.3, -0.25) is 4.68 Å². The molecule has 0 spiro atoms. The Bertz CT molecular complexity index is 584. The van der Waals surface area contributed by atoms with E-state index < -0.39 is 0 Å². The first-order valence-corrected chi connectivity index (χ1v) is 5.81. The van der Waals surface area contributed by atoms with Crippen molar-refractivity contribution >= 4 is 17.2 Å². The summed E-state index contributed by atoms with van der Waals surface area (Å²) in [5.74, 6) is 0. The summed E-state index contributed by atoms with van der Waals surface area (Å²) >= 11 is 5.05. The molecule has 0 saturated heterocycles. The van der Waals surface area contributed by atoms with Crippen LogP contribution in [0.5, 0.6) is 0 Å². The topological polar surface area (TPSA) is 43.8 Å². The van der Waals surface area contributed by atoms with Gasteiger partial charge in [-0.25, -0.2) is 0 Å². The fourth-order valence-electron chi connectivity index (χ4n) is 1.77. The molecule has 0 bridgehead atoms. The van der Waals surface area contributed by atoms with Crippen LogP contribution in [0.15, 0.2) is 24.4 Å². The maximum Gasteiger partial charge on any atom is 0.107 e. The van der Waals surface area contributed by atoms with Crippen LogP contribution in [0.2, 0.25) is 0 Å². The molecule has 1 heterocycles. The SMILES string of the molecule is Cc1ccc(-c2nn(C)cc2C(N)=S)cc1C. The minimum Gasteiger partial charge on any atom is -0.389 e. The number of nitrogens with zero attached hydrogens (tertiary/aromatic N) is 2. The molecule has 88 valence electrons. The van der Waals surface area contributed by atoms with E-state index in [1.54, 1.807) is 4.68 Å². The zero-order valence-corrected chi connectivity index (χ0v) is 11.0. The smallest absolute Gasteiger partial charge is 0.107 e. The highest BCUT2D eigenvalue weighted by Gasteiger charge is 2.12. The van der Waals surface area contributed by atoms with Crippen molar-refractivity contribution in [2.75, 3.05) is 0 Å². The van der Waals surface area contributed by atoms with Crippen molar-refractivity contribution in [2.24, 2.45) is 12.8 Å². The molecule has 0 fully saturated rings. The molecule has 2 aromatic rings. The quantitative estimate of drug-likeness (QED) is 0.826. The van der Waals surface area contributed by atoms with Crippen LogP contribution in [0.1, 0.15) is 16.7 Å². The molecule has 2 rings (SSSR count). The lowest BCUT2D eigenvalue weighted by molar-refractivity contribution is 0.771. The Hall–Kier alpha value is -1.68. The van der Waals surface area contributed by atoms with Crippen molar-refractivity contribution in [3.63, 3.8) is 0 Å². The number of rotatable bonds is 2. The average molecular weight is 245 g/mol. The summed E-state index contributed by atoms with van der Waals surface area (Å²) in [6, 6.07) is 6.24. The molecule has 0 aliphatic rings. The number of benzene rings is 1. The molecule has 3 nitrogen and oxygen atoms in total. The van der Waals surface area contributed by atoms with Crippen LogP contribution < -0.4 is 5.73 Å². The predicted molar refractivity (Wildman–Crippen MR) is 74.0 cm³/mol. The fourth-order valence-corrected chi connectivity index (χ4v) is 1.92. The molecule has 17 heavy (non-hydrogen) atoms. The molecule has 0 aliphatic carbocycles. The highest BCUT2D eigenvalue weighted by Crippen LogP contribution is 2.24. The summed E-state index contributed by atoms with van der Waals surface area (Å²) in [6.45, 7) is 4.17. The number of hydrogen-bond acceptors (Lipinski definition) is 2. The average Bonchev–Trinajstić information content (AvgIpc) is 2.64. The predicted octanol–water partition coefficient (Wildman–Crippen LogP) is 2.34. The molecular weight excluding hydrogens is 230 g/mol. The Labute approximate surface area is 106 Å². The zero-order valence-electron chi connectivity index (χ0n) is 10.2. The summed E-state index contributed by atoms with van der Waals surface area (Å²) in [7, 11) is 1.87. The third kappa shape index (κ3) is 2.22. The second-order valence-electron chi connectivity index (χ2n) is 4.23. The largest absolute Gasteiger partial charge is 0.389 e. The van der Waals surface area contributed by atoms with Crippen molar-refractivity contribution in [3.8, 4) is 11.3 Å². The maximum absolute atomic E-state index is 5.71. The molecule has 1 aromatic carbocycles. The first-order chi connectivity index (χ1) is 7.99. The van der Waals surface area contributed by atoms with Crippen LogP contribution >= 0.6 is 12.2 Å². The van der Waals surface area contributed by atoms with Gasteiger partial charge in [-0.1, -0.05) is 24.4 Å². The molecule has 0 saturated carbocycles. The van der Waals surface area contributed by atoms with Crippen LogP contribution in [0.3, 0.4) is 0 Å². The highest BCUT2D eigenvalue weighted by molar-refractivity contribution is 7.80. The fraction of sp³-hybridized carbons (Fsp3) is 0.231. The van der Waals surface area contributed by atoms with Gasteiger partial charge in [-0.2, -0.15) is 5.10 Å². The number of aromatic nitrogens is 2. The van der Waals surface area contributed by atoms with Crippen molar-refractivity contribution in [2.45, 2.75) is 13.8 Å². The van der Waals surface area contributed by atoms with E-state index in [0.29, 0.717) is 4.99 Å². The lowest BCUT2D eigenvalue weighted by Crippen LogP contribution is -2.09. The van der Waals surface area contributed by atoms with Gasteiger partial charge in [-0.05, 0) is 31.0 Å². The summed E-state index contributed by atoms with van der Waals surface area (Å²) in [4.78, 5) is 0.381. The third-order valence-corrected chi connectivity index (χ3v) is 3.09. The van der Waals surface area contributed by atoms with Gasteiger partial charge in [0.05, 0.1) is 5.56 Å². The molecule has 0 amide bonds. The van der Waals surface area contributed by atoms with Gasteiger partial charge in [0, 0.05) is 18.8 Å². The number of thiocarbonyl (C=S) groups is 1. The van der Waals surface area contributed by atoms with Crippen molar-refractivity contribution in [1.82, 2.24) is 9.78 Å². The van der Waals surface area contributed by atoms with E-state index in [-0.39, 0.29) is 0 Å². The Morgan fingerprint density at radius 3 is 2.59 bits per heavy atom. The second-order valence-corrected chi connectivity index (χ2v) is 4.67. The number of aryl methyl sites for hydroxylation is 3. The Balaban J connectivity index is 2.59. The van der Waals surface area contributed by atoms with Crippen LogP contribution in [-0.4, -0.2) is 14.8 Å². The van der Waals surface area contributed by atoms with Gasteiger partial charge in [0.25, 0.3) is 0 Å². The Kier molecular flexibility index (Phi) is 2.98. The molecule has 1 aromatic heterocycles. The van der Waals surface area contributed by atoms with Crippen molar-refractivity contribution in [3.05, 3.63) is 41.1 Å². The van der Waals surface area contributed by atoms with E-state index in [9.17, 15) is 0 Å². The molecule has 0 aliphatic heterocycles. The standard InChI is InChI=1S/C13H15N3S/c1-8-4-5-10(6-9(8)2)12-11(13(14)17)7-16(3)15-12/h4-7H,1-3H3,(H2,14,17). The molecule has 0 radical (unpaired) electrons. The van der Waals surface area contributed by atoms with E-state index >= 15 is 0 Å². The normalized spacial score (nSPS) is 10.5. The van der Waals surface area contributed by atoms with Crippen molar-refractivity contribution in [1.29, 1.82) is 0 Å². The van der Waals surface area contributed by atoms with E-state index in [4.69, 9.17) is 18.0 Å². The lowest BCUT2D eigenvalue weighted by atomic mass is 10.0. The molecule has 4 heteroatoms. The first kappa shape index (κ1) is 11.8. The highest BCUT2D eigenvalue weighted by atomic mass is 32.1. The van der Waals surface area contributed by atoms with Gasteiger partial charge in [0.2, 0.25) is 0 Å². The van der Waals surface area contributed by atoms with E-state index in [1.165, 1.54) is 11.1 Å². The summed E-state index contributed by atoms with van der Waals surface area (Å²) in [5.41, 5.74) is 10.9. The van der Waals surface area contributed by atoms with E-state index in [2.05, 4.69) is 31.1 Å². The maximum atomic E-state index is 5.71. The monoisotopic (exact) mass is 245 g/mol. The van der Waals surface area contributed by atoms with Crippen LogP contribution in [-0.2, 0) is 7.05 Å². The van der Waals surface area contributed by atoms with Crippen LogP contribution in [0.25, 0.3) is 11.3 Å². The van der Waals surface area contributed by atoms with E-state index in [1.807, 2.05) is 19.3 Å². The minimum absolute atomic E-state index is 0.381. The van der Waals surface area contributed by atoms with Gasteiger partial charge in [0.15, 0.2) is 0 Å². The lowest BCUT2D eigenvalue weighted by Gasteiger charge is -2.04. The zero-order chi connectivity index (χ0) is 12.6. The molecule has 0 unspecified atom stereocenters. The number of hydrogen-bond donors (Lipinski definition) is 1. The van der Waals surface area contributed by atoms with Gasteiger partial charge >= 0.3 is 0 Å². The Morgan fingerprint density at radius 2 is 2.00 bits per heavy atom. The molecule has 0 atom stereocenters. The van der Waals surface area contributed by atoms with Gasteiger partial charge < -0.3 is 5.73 Å². The van der Waals surface area contributed by atoms with E-state index in [0.717, 1.165) is 16.8 Å². The minimum atomic E-state index is 0.381. The van der Waals surface area contributed by atoms with Crippen molar-refractivity contribution < 1.29 is 0 Å². The summed E-state index contributed by atoms with van der Waals surface area (Å²) in [6.07, 6.45) is 1.85. The second kappa shape index (κ2) is 4.30. The van der Waals surface area contributed by atoms with Gasteiger partial charge in [0.1, 0.15) is 10.7 Å². The molecule has 2 N–H and O–H groups in total. The number of nitrogens with two attached hydrogens (primary N) is 1. The van der Waals surface area contributed by atoms with Gasteiger partial charge in [-0.15, -0.1) is 0 Å². The first-order valence-electron chi connectivity index (χ1n) is 5.40. The summed E-state index contributed by atoms with van der Waals surface area (Å²) in [5, 5.41) is 4.42. The Morgan fingerprint density at radius 1 is 1.29 bits per heavy atom. The third-order valence-electron chi connectivity index (χ3n) is 2.87. The molecular formula is C13H15N3S. The summed E-state index contributed by atoms with van der Waals surface area (Å²) < 4.78 is 1.74.